The van der Waals surface area contributed by atoms with Crippen LogP contribution in [-0.4, -0.2) is 0 Å². The molecule has 5 aliphatic rings. The van der Waals surface area contributed by atoms with E-state index in [9.17, 15) is 0 Å². The second kappa shape index (κ2) is 4.73. The van der Waals surface area contributed by atoms with Crippen LogP contribution in [0.2, 0.25) is 0 Å². The van der Waals surface area contributed by atoms with E-state index in [2.05, 4.69) is 72.9 Å². The summed E-state index contributed by atoms with van der Waals surface area (Å²) in [5.41, 5.74) is 12.3. The van der Waals surface area contributed by atoms with Gasteiger partial charge >= 0.3 is 0 Å². The molecule has 6 rings (SSSR count). The predicted molar refractivity (Wildman–Crippen MR) is 104 cm³/mol. The molecule has 120 valence electrons. The highest BCUT2D eigenvalue weighted by atomic mass is 14.5. The molecule has 1 aromatic rings. The molecule has 0 nitrogen and oxygen atoms in total. The van der Waals surface area contributed by atoms with Gasteiger partial charge in [0.15, 0.2) is 0 Å². The van der Waals surface area contributed by atoms with Crippen LogP contribution in [-0.2, 0) is 5.41 Å². The SMILES string of the molecule is C1=CCC2=C(C=C1)C1=C(C=CCC1)C21C2=C(CC=C2)c2ccccc21. The van der Waals surface area contributed by atoms with Crippen LogP contribution in [0.1, 0.15) is 36.8 Å². The monoisotopic (exact) mass is 320 g/mol. The summed E-state index contributed by atoms with van der Waals surface area (Å²) in [6.45, 7) is 0. The molecule has 0 saturated heterocycles. The maximum Gasteiger partial charge on any atom is 0.0684 e. The van der Waals surface area contributed by atoms with Crippen molar-refractivity contribution in [3.05, 3.63) is 112 Å². The second-order valence-electron chi connectivity index (χ2n) is 7.51. The fourth-order valence-corrected chi connectivity index (χ4v) is 5.67. The smallest absolute Gasteiger partial charge is 0.0684 e. The summed E-state index contributed by atoms with van der Waals surface area (Å²) in [6, 6.07) is 9.13. The Morgan fingerprint density at radius 2 is 1.64 bits per heavy atom. The number of hydrogen-bond acceptors (Lipinski definition) is 0. The summed E-state index contributed by atoms with van der Waals surface area (Å²) in [5.74, 6) is 0. The summed E-state index contributed by atoms with van der Waals surface area (Å²) in [5, 5.41) is 0. The third-order valence-electron chi connectivity index (χ3n) is 6.50. The number of allylic oxidation sites excluding steroid dienone is 14. The standard InChI is InChI=1S/C25H20/c1-2-9-17-18-10-4-6-14-22(18)25(21(17)13-3-1)23-15-7-5-11-19(23)20-12-8-16-24(20)25/h1-3,5-9,11,14-16H,4,10,12-13H2. The van der Waals surface area contributed by atoms with Gasteiger partial charge in [0.2, 0.25) is 0 Å². The van der Waals surface area contributed by atoms with Crippen LogP contribution in [0.25, 0.3) is 5.57 Å². The quantitative estimate of drug-likeness (QED) is 0.540. The summed E-state index contributed by atoms with van der Waals surface area (Å²) in [7, 11) is 0. The van der Waals surface area contributed by atoms with E-state index >= 15 is 0 Å². The average Bonchev–Trinajstić information content (AvgIpc) is 3.24. The van der Waals surface area contributed by atoms with Crippen molar-refractivity contribution in [1.29, 1.82) is 0 Å². The minimum atomic E-state index is -0.0421. The zero-order chi connectivity index (χ0) is 16.4. The van der Waals surface area contributed by atoms with Gasteiger partial charge in [-0.15, -0.1) is 0 Å². The molecule has 0 bridgehead atoms. The van der Waals surface area contributed by atoms with E-state index in [-0.39, 0.29) is 5.41 Å². The van der Waals surface area contributed by atoms with Gasteiger partial charge < -0.3 is 0 Å². The van der Waals surface area contributed by atoms with Crippen LogP contribution >= 0.6 is 0 Å². The maximum absolute atomic E-state index is 2.43. The minimum absolute atomic E-state index is 0.0421. The highest BCUT2D eigenvalue weighted by Crippen LogP contribution is 2.64. The van der Waals surface area contributed by atoms with E-state index in [1.807, 2.05) is 0 Å². The largest absolute Gasteiger partial charge is 0.0839 e. The predicted octanol–water partition coefficient (Wildman–Crippen LogP) is 6.12. The first-order chi connectivity index (χ1) is 12.4. The molecule has 1 unspecified atom stereocenters. The van der Waals surface area contributed by atoms with Gasteiger partial charge in [-0.2, -0.15) is 0 Å². The van der Waals surface area contributed by atoms with Crippen LogP contribution in [0.15, 0.2) is 101 Å². The van der Waals surface area contributed by atoms with Gasteiger partial charge in [0.1, 0.15) is 0 Å². The lowest BCUT2D eigenvalue weighted by atomic mass is 9.66. The van der Waals surface area contributed by atoms with Crippen molar-refractivity contribution in [1.82, 2.24) is 0 Å². The molecule has 0 aliphatic heterocycles. The Labute approximate surface area is 149 Å². The number of rotatable bonds is 0. The fourth-order valence-electron chi connectivity index (χ4n) is 5.67. The van der Waals surface area contributed by atoms with Crippen LogP contribution in [0.3, 0.4) is 0 Å². The first kappa shape index (κ1) is 13.7. The molecule has 25 heavy (non-hydrogen) atoms. The van der Waals surface area contributed by atoms with Gasteiger partial charge in [0, 0.05) is 0 Å². The van der Waals surface area contributed by atoms with Gasteiger partial charge in [-0.05, 0) is 70.2 Å². The van der Waals surface area contributed by atoms with Crippen molar-refractivity contribution < 1.29 is 0 Å². The molecular formula is C25H20. The Bertz CT molecular complexity index is 1030. The van der Waals surface area contributed by atoms with Gasteiger partial charge in [0.05, 0.1) is 5.41 Å². The zero-order valence-corrected chi connectivity index (χ0v) is 14.3. The molecule has 0 aromatic heterocycles. The van der Waals surface area contributed by atoms with Crippen LogP contribution in [0.5, 0.6) is 0 Å². The summed E-state index contributed by atoms with van der Waals surface area (Å²) < 4.78 is 0. The molecule has 5 aliphatic carbocycles. The third kappa shape index (κ3) is 1.49. The topological polar surface area (TPSA) is 0 Å². The highest BCUT2D eigenvalue weighted by molar-refractivity contribution is 5.92. The zero-order valence-electron chi connectivity index (χ0n) is 14.3. The van der Waals surface area contributed by atoms with Crippen LogP contribution < -0.4 is 0 Å². The van der Waals surface area contributed by atoms with Crippen molar-refractivity contribution in [3.63, 3.8) is 0 Å². The number of hydrogen-bond donors (Lipinski definition) is 0. The van der Waals surface area contributed by atoms with E-state index in [1.165, 1.54) is 23.1 Å². The van der Waals surface area contributed by atoms with Crippen LogP contribution in [0.4, 0.5) is 0 Å². The Kier molecular flexibility index (Phi) is 2.58. The Hall–Kier alpha value is -2.60. The van der Waals surface area contributed by atoms with Crippen molar-refractivity contribution in [2.75, 3.05) is 0 Å². The van der Waals surface area contributed by atoms with Crippen molar-refractivity contribution >= 4 is 5.57 Å². The van der Waals surface area contributed by atoms with E-state index in [0.717, 1.165) is 19.3 Å². The Morgan fingerprint density at radius 1 is 0.760 bits per heavy atom. The van der Waals surface area contributed by atoms with E-state index in [0.29, 0.717) is 0 Å². The number of fused-ring (bicyclic) bond motifs is 7. The molecule has 1 spiro atoms. The van der Waals surface area contributed by atoms with Gasteiger partial charge in [0.25, 0.3) is 0 Å². The summed E-state index contributed by atoms with van der Waals surface area (Å²) in [6.07, 6.45) is 23.2. The molecule has 0 heterocycles. The fraction of sp³-hybridized carbons (Fsp3) is 0.200. The molecule has 0 amide bonds. The normalized spacial score (nSPS) is 28.0. The molecule has 1 aromatic carbocycles. The molecule has 0 fully saturated rings. The molecule has 0 saturated carbocycles. The molecular weight excluding hydrogens is 300 g/mol. The minimum Gasteiger partial charge on any atom is -0.0839 e. The van der Waals surface area contributed by atoms with Gasteiger partial charge in [-0.3, -0.25) is 0 Å². The van der Waals surface area contributed by atoms with Crippen LogP contribution in [0, 0.1) is 0 Å². The molecule has 0 heteroatoms. The highest BCUT2D eigenvalue weighted by Gasteiger charge is 2.53. The van der Waals surface area contributed by atoms with E-state index in [1.54, 1.807) is 27.9 Å². The molecule has 1 atom stereocenters. The lowest BCUT2D eigenvalue weighted by Gasteiger charge is -2.35. The average molecular weight is 320 g/mol. The Balaban J connectivity index is 1.77. The summed E-state index contributed by atoms with van der Waals surface area (Å²) >= 11 is 0. The lowest BCUT2D eigenvalue weighted by molar-refractivity contribution is 0.726. The molecule has 0 N–H and O–H groups in total. The van der Waals surface area contributed by atoms with Crippen molar-refractivity contribution in [2.45, 2.75) is 31.1 Å². The maximum atomic E-state index is 2.43. The summed E-state index contributed by atoms with van der Waals surface area (Å²) in [4.78, 5) is 0. The van der Waals surface area contributed by atoms with E-state index < -0.39 is 0 Å². The Morgan fingerprint density at radius 3 is 2.64 bits per heavy atom. The van der Waals surface area contributed by atoms with Crippen molar-refractivity contribution in [2.24, 2.45) is 0 Å². The second-order valence-corrected chi connectivity index (χ2v) is 7.51. The van der Waals surface area contributed by atoms with Gasteiger partial charge in [-0.1, -0.05) is 72.9 Å². The first-order valence-corrected chi connectivity index (χ1v) is 9.40. The lowest BCUT2D eigenvalue weighted by Crippen LogP contribution is -2.29. The molecule has 0 radical (unpaired) electrons. The number of benzene rings is 1. The first-order valence-electron chi connectivity index (χ1n) is 9.40. The van der Waals surface area contributed by atoms with Crippen molar-refractivity contribution in [3.8, 4) is 0 Å². The van der Waals surface area contributed by atoms with Gasteiger partial charge in [-0.25, -0.2) is 0 Å². The third-order valence-corrected chi connectivity index (χ3v) is 6.50. The van der Waals surface area contributed by atoms with E-state index in [4.69, 9.17) is 0 Å².